The van der Waals surface area contributed by atoms with Crippen molar-refractivity contribution >= 4 is 52.2 Å². The van der Waals surface area contributed by atoms with Gasteiger partial charge in [0.15, 0.2) is 5.15 Å². The molecule has 0 radical (unpaired) electrons. The molecule has 2 rings (SSSR count). The van der Waals surface area contributed by atoms with E-state index < -0.39 is 11.7 Å². The van der Waals surface area contributed by atoms with Crippen molar-refractivity contribution in [2.45, 2.75) is 6.92 Å². The van der Waals surface area contributed by atoms with Crippen molar-refractivity contribution in [3.8, 4) is 0 Å². The van der Waals surface area contributed by atoms with Crippen LogP contribution in [0.3, 0.4) is 0 Å². The van der Waals surface area contributed by atoms with E-state index in [1.54, 1.807) is 31.3 Å². The lowest BCUT2D eigenvalue weighted by atomic mass is 10.3. The van der Waals surface area contributed by atoms with Crippen molar-refractivity contribution in [2.24, 2.45) is 5.10 Å². The van der Waals surface area contributed by atoms with E-state index in [9.17, 15) is 9.90 Å². The second-order valence-corrected chi connectivity index (χ2v) is 5.18. The largest absolute Gasteiger partial charge is 0.543 e. The molecule has 6 nitrogen and oxygen atoms in total. The van der Waals surface area contributed by atoms with E-state index in [4.69, 9.17) is 34.8 Å². The monoisotopic (exact) mass is 357 g/mol. The number of rotatable bonds is 4. The maximum absolute atomic E-state index is 11.0. The fourth-order valence-electron chi connectivity index (χ4n) is 1.52. The number of carboxylic acid groups (broad SMARTS) is 1. The molecular weight excluding hydrogens is 351 g/mol. The first kappa shape index (κ1) is 16.5. The highest BCUT2D eigenvalue weighted by atomic mass is 35.5. The Labute approximate surface area is 140 Å². The molecule has 0 saturated carbocycles. The van der Waals surface area contributed by atoms with Gasteiger partial charge in [-0.25, -0.2) is 4.98 Å². The first-order valence-corrected chi connectivity index (χ1v) is 7.02. The minimum absolute atomic E-state index is 0.0258. The lowest BCUT2D eigenvalue weighted by molar-refractivity contribution is -0.255. The van der Waals surface area contributed by atoms with Crippen molar-refractivity contribution < 1.29 is 9.90 Å². The Morgan fingerprint density at radius 2 is 2.00 bits per heavy atom. The van der Waals surface area contributed by atoms with Gasteiger partial charge in [-0.3, -0.25) is 10.4 Å². The van der Waals surface area contributed by atoms with Gasteiger partial charge in [-0.05, 0) is 19.1 Å². The molecule has 0 aliphatic heterocycles. The molecular formula is C13H8Cl3N4O2-. The van der Waals surface area contributed by atoms with E-state index >= 15 is 0 Å². The van der Waals surface area contributed by atoms with Gasteiger partial charge in [0.05, 0.1) is 28.1 Å². The molecule has 114 valence electrons. The second-order valence-electron chi connectivity index (χ2n) is 4.07. The second kappa shape index (κ2) is 6.91. The molecule has 9 heteroatoms. The molecule has 1 N–H and O–H groups in total. The number of halogens is 3. The zero-order valence-electron chi connectivity index (χ0n) is 11.1. The Hall–Kier alpha value is -1.89. The summed E-state index contributed by atoms with van der Waals surface area (Å²) in [7, 11) is 0. The molecule has 0 bridgehead atoms. The predicted octanol–water partition coefficient (Wildman–Crippen LogP) is 2.64. The zero-order valence-corrected chi connectivity index (χ0v) is 13.4. The van der Waals surface area contributed by atoms with Crippen LogP contribution in [-0.2, 0) is 0 Å². The van der Waals surface area contributed by atoms with E-state index in [2.05, 4.69) is 20.5 Å². The van der Waals surface area contributed by atoms with E-state index in [-0.39, 0.29) is 20.9 Å². The number of aromatic carboxylic acids is 1. The third-order valence-electron chi connectivity index (χ3n) is 2.60. The summed E-state index contributed by atoms with van der Waals surface area (Å²) >= 11 is 17.7. The van der Waals surface area contributed by atoms with Crippen LogP contribution in [0.4, 0.5) is 5.69 Å². The Kier molecular flexibility index (Phi) is 5.18. The lowest BCUT2D eigenvalue weighted by Crippen LogP contribution is -2.24. The van der Waals surface area contributed by atoms with Gasteiger partial charge < -0.3 is 9.90 Å². The predicted molar refractivity (Wildman–Crippen MR) is 83.7 cm³/mol. The van der Waals surface area contributed by atoms with Gasteiger partial charge in [0.2, 0.25) is 0 Å². The van der Waals surface area contributed by atoms with Gasteiger partial charge in [-0.2, -0.15) is 5.10 Å². The standard InChI is InChI=1S/C13H9Cl3N4O2/c1-6(7-4-2-3-5-17-7)19-20-10-8(14)11(13(21)22)18-12(16)9(10)15/h2-5H,1H3,(H,18,20)(H,21,22)/p-1/b19-6-. The Morgan fingerprint density at radius 1 is 1.27 bits per heavy atom. The van der Waals surface area contributed by atoms with Crippen LogP contribution in [0.15, 0.2) is 29.5 Å². The number of aromatic nitrogens is 2. The quantitative estimate of drug-likeness (QED) is 0.515. The van der Waals surface area contributed by atoms with E-state index in [1.165, 1.54) is 0 Å². The highest BCUT2D eigenvalue weighted by molar-refractivity contribution is 6.46. The lowest BCUT2D eigenvalue weighted by Gasteiger charge is -2.12. The van der Waals surface area contributed by atoms with Gasteiger partial charge in [-0.15, -0.1) is 0 Å². The van der Waals surface area contributed by atoms with Gasteiger partial charge in [0, 0.05) is 6.20 Å². The number of hydrogen-bond acceptors (Lipinski definition) is 6. The molecule has 2 heterocycles. The van der Waals surface area contributed by atoms with Crippen LogP contribution in [0.2, 0.25) is 15.2 Å². The normalized spacial score (nSPS) is 11.4. The van der Waals surface area contributed by atoms with Gasteiger partial charge in [-0.1, -0.05) is 40.9 Å². The molecule has 0 unspecified atom stereocenters. The van der Waals surface area contributed by atoms with E-state index in [0.717, 1.165) is 0 Å². The van der Waals surface area contributed by atoms with Crippen LogP contribution < -0.4 is 10.5 Å². The summed E-state index contributed by atoms with van der Waals surface area (Å²) < 4.78 is 0. The number of hydrazone groups is 1. The summed E-state index contributed by atoms with van der Waals surface area (Å²) in [5.74, 6) is -1.57. The van der Waals surface area contributed by atoms with Crippen LogP contribution in [0.25, 0.3) is 0 Å². The van der Waals surface area contributed by atoms with E-state index in [0.29, 0.717) is 11.4 Å². The SMILES string of the molecule is C/C(=N/Nc1c(Cl)c(Cl)nc(C(=O)[O-])c1Cl)c1ccccn1. The van der Waals surface area contributed by atoms with Crippen molar-refractivity contribution in [3.05, 3.63) is 51.0 Å². The zero-order chi connectivity index (χ0) is 16.3. The third-order valence-corrected chi connectivity index (χ3v) is 3.71. The van der Waals surface area contributed by atoms with Crippen molar-refractivity contribution in [2.75, 3.05) is 5.43 Å². The topological polar surface area (TPSA) is 90.3 Å². The number of hydrogen-bond donors (Lipinski definition) is 1. The minimum Gasteiger partial charge on any atom is -0.543 e. The first-order chi connectivity index (χ1) is 10.4. The van der Waals surface area contributed by atoms with Crippen LogP contribution in [0.5, 0.6) is 0 Å². The molecule has 2 aromatic heterocycles. The number of nitrogens with one attached hydrogen (secondary N) is 1. The van der Waals surface area contributed by atoms with Gasteiger partial charge in [0.1, 0.15) is 10.7 Å². The van der Waals surface area contributed by atoms with Crippen molar-refractivity contribution in [1.29, 1.82) is 0 Å². The minimum atomic E-state index is -1.57. The fraction of sp³-hybridized carbons (Fsp3) is 0.0769. The molecule has 22 heavy (non-hydrogen) atoms. The molecule has 2 aromatic rings. The van der Waals surface area contributed by atoms with Gasteiger partial charge in [0.25, 0.3) is 0 Å². The fourth-order valence-corrected chi connectivity index (χ4v) is 2.18. The summed E-state index contributed by atoms with van der Waals surface area (Å²) in [6.07, 6.45) is 1.62. The summed E-state index contributed by atoms with van der Waals surface area (Å²) in [6.45, 7) is 1.71. The van der Waals surface area contributed by atoms with Crippen molar-refractivity contribution in [3.63, 3.8) is 0 Å². The average molecular weight is 359 g/mol. The molecule has 0 spiro atoms. The summed E-state index contributed by atoms with van der Waals surface area (Å²) in [5, 5.41) is 14.5. The summed E-state index contributed by atoms with van der Waals surface area (Å²) in [4.78, 5) is 18.6. The molecule has 0 aliphatic rings. The van der Waals surface area contributed by atoms with Crippen LogP contribution in [-0.4, -0.2) is 21.6 Å². The first-order valence-electron chi connectivity index (χ1n) is 5.89. The molecule has 0 atom stereocenters. The number of pyridine rings is 2. The Bertz CT molecular complexity index is 751. The maximum Gasteiger partial charge on any atom is 0.150 e. The smallest absolute Gasteiger partial charge is 0.150 e. The third kappa shape index (κ3) is 3.47. The molecule has 0 saturated heterocycles. The molecule has 0 aliphatic carbocycles. The number of carboxylic acids is 1. The van der Waals surface area contributed by atoms with Crippen molar-refractivity contribution in [1.82, 2.24) is 9.97 Å². The van der Waals surface area contributed by atoms with Crippen LogP contribution in [0.1, 0.15) is 23.1 Å². The Balaban J connectivity index is 2.40. The number of anilines is 1. The number of nitrogens with zero attached hydrogens (tertiary/aromatic N) is 3. The molecule has 0 fully saturated rings. The average Bonchev–Trinajstić information content (AvgIpc) is 2.51. The highest BCUT2D eigenvalue weighted by Gasteiger charge is 2.17. The van der Waals surface area contributed by atoms with E-state index in [1.807, 2.05) is 0 Å². The highest BCUT2D eigenvalue weighted by Crippen LogP contribution is 2.36. The summed E-state index contributed by atoms with van der Waals surface area (Å²) in [6, 6.07) is 5.33. The summed E-state index contributed by atoms with van der Waals surface area (Å²) in [5.41, 5.74) is 3.25. The number of carbonyl (C=O) groups excluding carboxylic acids is 1. The van der Waals surface area contributed by atoms with Gasteiger partial charge >= 0.3 is 0 Å². The Morgan fingerprint density at radius 3 is 2.59 bits per heavy atom. The molecule has 0 amide bonds. The maximum atomic E-state index is 11.0. The van der Waals surface area contributed by atoms with Crippen LogP contribution >= 0.6 is 34.8 Å². The van der Waals surface area contributed by atoms with Crippen LogP contribution in [0, 0.1) is 0 Å². The molecule has 0 aromatic carbocycles. The number of carbonyl (C=O) groups is 1.